The molecular formula is C20H21ClN2O4. The van der Waals surface area contributed by atoms with Crippen LogP contribution in [0.2, 0.25) is 5.02 Å². The van der Waals surface area contributed by atoms with E-state index >= 15 is 0 Å². The largest absolute Gasteiger partial charge is 0.497 e. The minimum Gasteiger partial charge on any atom is -0.497 e. The first-order chi connectivity index (χ1) is 13.0. The second-order valence-electron chi connectivity index (χ2n) is 6.35. The van der Waals surface area contributed by atoms with Crippen molar-refractivity contribution in [3.8, 4) is 11.5 Å². The van der Waals surface area contributed by atoms with E-state index < -0.39 is 0 Å². The molecule has 7 heteroatoms. The van der Waals surface area contributed by atoms with Crippen LogP contribution < -0.4 is 20.1 Å². The minimum atomic E-state index is -0.342. The number of ether oxygens (including phenoxy) is 2. The van der Waals surface area contributed by atoms with Gasteiger partial charge in [-0.1, -0.05) is 23.7 Å². The van der Waals surface area contributed by atoms with Gasteiger partial charge in [-0.2, -0.15) is 0 Å². The molecule has 0 saturated heterocycles. The van der Waals surface area contributed by atoms with Gasteiger partial charge in [-0.3, -0.25) is 9.59 Å². The molecule has 1 fully saturated rings. The van der Waals surface area contributed by atoms with Gasteiger partial charge in [0.25, 0.3) is 0 Å². The average Bonchev–Trinajstić information content (AvgIpc) is 3.48. The molecule has 2 N–H and O–H groups in total. The first-order valence-corrected chi connectivity index (χ1v) is 8.94. The van der Waals surface area contributed by atoms with Crippen molar-refractivity contribution < 1.29 is 19.1 Å². The summed E-state index contributed by atoms with van der Waals surface area (Å²) >= 11 is 5.85. The molecule has 0 aromatic heterocycles. The molecule has 2 unspecified atom stereocenters. The van der Waals surface area contributed by atoms with Crippen LogP contribution in [0.25, 0.3) is 0 Å². The zero-order valence-electron chi connectivity index (χ0n) is 15.1. The normalized spacial score (nSPS) is 17.7. The average molecular weight is 389 g/mol. The predicted octanol–water partition coefficient (Wildman–Crippen LogP) is 3.25. The van der Waals surface area contributed by atoms with Crippen LogP contribution in [0.5, 0.6) is 11.5 Å². The molecule has 2 amide bonds. The van der Waals surface area contributed by atoms with Crippen molar-refractivity contribution >= 4 is 29.1 Å². The number of hydrogen-bond acceptors (Lipinski definition) is 4. The van der Waals surface area contributed by atoms with E-state index in [-0.39, 0.29) is 23.7 Å². The topological polar surface area (TPSA) is 76.7 Å². The monoisotopic (exact) mass is 388 g/mol. The molecule has 27 heavy (non-hydrogen) atoms. The highest BCUT2D eigenvalue weighted by Gasteiger charge is 2.48. The number of carbonyl (C=O) groups excluding carboxylic acids is 2. The summed E-state index contributed by atoms with van der Waals surface area (Å²) in [6.07, 6.45) is 0.532. The van der Waals surface area contributed by atoms with E-state index in [0.29, 0.717) is 35.2 Å². The molecule has 2 aromatic carbocycles. The molecule has 0 radical (unpaired) electrons. The lowest BCUT2D eigenvalue weighted by molar-refractivity contribution is -0.125. The van der Waals surface area contributed by atoms with Crippen LogP contribution in [-0.4, -0.2) is 26.0 Å². The third-order valence-corrected chi connectivity index (χ3v) is 4.76. The Balaban J connectivity index is 1.54. The first-order valence-electron chi connectivity index (χ1n) is 8.57. The number of benzene rings is 2. The minimum absolute atomic E-state index is 0.122. The maximum atomic E-state index is 12.5. The van der Waals surface area contributed by atoms with E-state index in [4.69, 9.17) is 21.1 Å². The number of nitrogens with one attached hydrogen (secondary N) is 2. The Labute approximate surface area is 162 Å². The number of halogens is 1. The predicted molar refractivity (Wildman–Crippen MR) is 103 cm³/mol. The SMILES string of the molecule is COc1ccc(OC)c(NC(=O)C2CC2C(=O)NCc2ccc(Cl)cc2)c1. The third kappa shape index (κ3) is 4.71. The Hall–Kier alpha value is -2.73. The van der Waals surface area contributed by atoms with Gasteiger partial charge >= 0.3 is 0 Å². The lowest BCUT2D eigenvalue weighted by Crippen LogP contribution is -2.27. The summed E-state index contributed by atoms with van der Waals surface area (Å²) < 4.78 is 10.4. The molecule has 1 saturated carbocycles. The summed E-state index contributed by atoms with van der Waals surface area (Å²) in [5.74, 6) is 0.170. The fourth-order valence-corrected chi connectivity index (χ4v) is 2.96. The lowest BCUT2D eigenvalue weighted by Gasteiger charge is -2.11. The van der Waals surface area contributed by atoms with E-state index in [1.54, 1.807) is 37.4 Å². The fourth-order valence-electron chi connectivity index (χ4n) is 2.83. The van der Waals surface area contributed by atoms with Crippen molar-refractivity contribution in [1.82, 2.24) is 5.32 Å². The molecule has 1 aliphatic rings. The van der Waals surface area contributed by atoms with Gasteiger partial charge in [0.2, 0.25) is 11.8 Å². The number of anilines is 1. The van der Waals surface area contributed by atoms with Crippen molar-refractivity contribution in [3.63, 3.8) is 0 Å². The Bertz CT molecular complexity index is 838. The summed E-state index contributed by atoms with van der Waals surface area (Å²) in [5, 5.41) is 6.34. The Morgan fingerprint density at radius 1 is 1.04 bits per heavy atom. The van der Waals surface area contributed by atoms with Gasteiger partial charge in [0.15, 0.2) is 0 Å². The first kappa shape index (κ1) is 19.0. The Morgan fingerprint density at radius 3 is 2.41 bits per heavy atom. The Morgan fingerprint density at radius 2 is 1.74 bits per heavy atom. The highest BCUT2D eigenvalue weighted by atomic mass is 35.5. The molecule has 3 rings (SSSR count). The molecule has 2 atom stereocenters. The van der Waals surface area contributed by atoms with Crippen LogP contribution in [0.3, 0.4) is 0 Å². The van der Waals surface area contributed by atoms with E-state index in [1.165, 1.54) is 7.11 Å². The highest BCUT2D eigenvalue weighted by molar-refractivity contribution is 6.30. The quantitative estimate of drug-likeness (QED) is 0.763. The summed E-state index contributed by atoms with van der Waals surface area (Å²) in [6.45, 7) is 0.407. The number of carbonyl (C=O) groups is 2. The van der Waals surface area contributed by atoms with E-state index in [0.717, 1.165) is 5.56 Å². The van der Waals surface area contributed by atoms with E-state index in [2.05, 4.69) is 10.6 Å². The molecule has 2 aromatic rings. The summed E-state index contributed by atoms with van der Waals surface area (Å²) in [6, 6.07) is 12.4. The standard InChI is InChI=1S/C20H21ClN2O4/c1-26-14-7-8-18(27-2)17(9-14)23-20(25)16-10-15(16)19(24)22-11-12-3-5-13(21)6-4-12/h3-9,15-16H,10-11H2,1-2H3,(H,22,24)(H,23,25). The summed E-state index contributed by atoms with van der Waals surface area (Å²) in [5.41, 5.74) is 1.48. The van der Waals surface area contributed by atoms with Crippen LogP contribution in [0.4, 0.5) is 5.69 Å². The molecule has 0 bridgehead atoms. The van der Waals surface area contributed by atoms with E-state index in [1.807, 2.05) is 12.1 Å². The van der Waals surface area contributed by atoms with Crippen LogP contribution >= 0.6 is 11.6 Å². The van der Waals surface area contributed by atoms with Gasteiger partial charge in [0, 0.05) is 17.6 Å². The zero-order valence-corrected chi connectivity index (χ0v) is 15.9. The maximum absolute atomic E-state index is 12.5. The zero-order chi connectivity index (χ0) is 19.4. The lowest BCUT2D eigenvalue weighted by atomic mass is 10.2. The molecule has 1 aliphatic carbocycles. The molecule has 0 spiro atoms. The highest BCUT2D eigenvalue weighted by Crippen LogP contribution is 2.40. The van der Waals surface area contributed by atoms with Crippen LogP contribution in [0.1, 0.15) is 12.0 Å². The smallest absolute Gasteiger partial charge is 0.228 e. The maximum Gasteiger partial charge on any atom is 0.228 e. The van der Waals surface area contributed by atoms with Crippen molar-refractivity contribution in [2.24, 2.45) is 11.8 Å². The van der Waals surface area contributed by atoms with Gasteiger partial charge in [0.05, 0.1) is 31.7 Å². The molecular weight excluding hydrogens is 368 g/mol. The van der Waals surface area contributed by atoms with Gasteiger partial charge in [-0.25, -0.2) is 0 Å². The van der Waals surface area contributed by atoms with Crippen molar-refractivity contribution in [2.45, 2.75) is 13.0 Å². The molecule has 0 heterocycles. The van der Waals surface area contributed by atoms with Crippen molar-refractivity contribution in [2.75, 3.05) is 19.5 Å². The fraction of sp³-hybridized carbons (Fsp3) is 0.300. The van der Waals surface area contributed by atoms with Crippen LogP contribution in [0.15, 0.2) is 42.5 Å². The summed E-state index contributed by atoms with van der Waals surface area (Å²) in [7, 11) is 3.08. The van der Waals surface area contributed by atoms with Crippen LogP contribution in [0, 0.1) is 11.8 Å². The summed E-state index contributed by atoms with van der Waals surface area (Å²) in [4.78, 5) is 24.7. The molecule has 6 nitrogen and oxygen atoms in total. The molecule has 0 aliphatic heterocycles. The number of rotatable bonds is 7. The Kier molecular flexibility index (Phi) is 5.86. The van der Waals surface area contributed by atoms with Crippen molar-refractivity contribution in [1.29, 1.82) is 0 Å². The molecule has 142 valence electrons. The number of methoxy groups -OCH3 is 2. The third-order valence-electron chi connectivity index (χ3n) is 4.51. The van der Waals surface area contributed by atoms with Crippen molar-refractivity contribution in [3.05, 3.63) is 53.1 Å². The van der Waals surface area contributed by atoms with Crippen LogP contribution in [-0.2, 0) is 16.1 Å². The van der Waals surface area contributed by atoms with Gasteiger partial charge < -0.3 is 20.1 Å². The second-order valence-corrected chi connectivity index (χ2v) is 6.78. The number of amides is 2. The van der Waals surface area contributed by atoms with Gasteiger partial charge in [-0.05, 0) is 36.2 Å². The van der Waals surface area contributed by atoms with Gasteiger partial charge in [-0.15, -0.1) is 0 Å². The second kappa shape index (κ2) is 8.31. The van der Waals surface area contributed by atoms with Gasteiger partial charge in [0.1, 0.15) is 11.5 Å². The number of hydrogen-bond donors (Lipinski definition) is 2. The van der Waals surface area contributed by atoms with E-state index in [9.17, 15) is 9.59 Å².